The molecule has 0 spiro atoms. The molecule has 0 amide bonds. The SMILES string of the molecule is CCc1nnc(S(=O)(=O)Cc2ncc(-c3ccccc3)o2)n1C. The Kier molecular flexibility index (Phi) is 3.99. The maximum atomic E-state index is 12.5. The summed E-state index contributed by atoms with van der Waals surface area (Å²) in [6, 6.07) is 9.38. The van der Waals surface area contributed by atoms with Gasteiger partial charge < -0.3 is 8.98 Å². The van der Waals surface area contributed by atoms with Crippen LogP contribution in [0, 0.1) is 0 Å². The van der Waals surface area contributed by atoms with Crippen LogP contribution in [0.25, 0.3) is 11.3 Å². The highest BCUT2D eigenvalue weighted by atomic mass is 32.2. The Bertz CT molecular complexity index is 913. The van der Waals surface area contributed by atoms with Gasteiger partial charge in [-0.05, 0) is 0 Å². The van der Waals surface area contributed by atoms with Gasteiger partial charge in [0.05, 0.1) is 6.20 Å². The highest BCUT2D eigenvalue weighted by Gasteiger charge is 2.25. The average Bonchev–Trinajstić information content (AvgIpc) is 3.14. The number of benzene rings is 1. The molecule has 3 aromatic rings. The zero-order valence-electron chi connectivity index (χ0n) is 12.8. The second kappa shape index (κ2) is 5.96. The first-order chi connectivity index (χ1) is 11.0. The largest absolute Gasteiger partial charge is 0.440 e. The fraction of sp³-hybridized carbons (Fsp3) is 0.267. The summed E-state index contributed by atoms with van der Waals surface area (Å²) < 4.78 is 32.0. The van der Waals surface area contributed by atoms with Crippen molar-refractivity contribution in [1.29, 1.82) is 0 Å². The van der Waals surface area contributed by atoms with Gasteiger partial charge in [0.15, 0.2) is 5.76 Å². The monoisotopic (exact) mass is 332 g/mol. The minimum absolute atomic E-state index is 0.0752. The molecule has 0 bridgehead atoms. The molecule has 0 fully saturated rings. The molecule has 0 N–H and O–H groups in total. The van der Waals surface area contributed by atoms with Crippen LogP contribution in [0.1, 0.15) is 18.6 Å². The number of aromatic nitrogens is 4. The van der Waals surface area contributed by atoms with Crippen LogP contribution in [0.15, 0.2) is 46.1 Å². The Morgan fingerprint density at radius 2 is 1.91 bits per heavy atom. The zero-order valence-corrected chi connectivity index (χ0v) is 13.6. The number of nitrogens with zero attached hydrogens (tertiary/aromatic N) is 4. The topological polar surface area (TPSA) is 90.9 Å². The lowest BCUT2D eigenvalue weighted by atomic mass is 10.2. The van der Waals surface area contributed by atoms with Crippen LogP contribution in [0.2, 0.25) is 0 Å². The molecule has 0 unspecified atom stereocenters. The molecule has 0 saturated heterocycles. The van der Waals surface area contributed by atoms with Gasteiger partial charge in [-0.2, -0.15) is 0 Å². The molecule has 2 heterocycles. The van der Waals surface area contributed by atoms with Crippen molar-refractivity contribution in [3.8, 4) is 11.3 Å². The van der Waals surface area contributed by atoms with E-state index in [0.717, 1.165) is 5.56 Å². The van der Waals surface area contributed by atoms with Crippen molar-refractivity contribution in [2.75, 3.05) is 0 Å². The molecule has 1 aromatic carbocycles. The quantitative estimate of drug-likeness (QED) is 0.710. The Morgan fingerprint density at radius 3 is 2.57 bits per heavy atom. The third-order valence-electron chi connectivity index (χ3n) is 3.44. The first kappa shape index (κ1) is 15.4. The number of hydrogen-bond acceptors (Lipinski definition) is 6. The minimum atomic E-state index is -3.67. The van der Waals surface area contributed by atoms with Crippen LogP contribution in [0.4, 0.5) is 0 Å². The van der Waals surface area contributed by atoms with Gasteiger partial charge in [0.2, 0.25) is 20.9 Å². The van der Waals surface area contributed by atoms with Gasteiger partial charge in [-0.1, -0.05) is 37.3 Å². The van der Waals surface area contributed by atoms with Crippen molar-refractivity contribution in [2.45, 2.75) is 24.3 Å². The van der Waals surface area contributed by atoms with Gasteiger partial charge in [-0.15, -0.1) is 10.2 Å². The minimum Gasteiger partial charge on any atom is -0.440 e. The maximum absolute atomic E-state index is 12.5. The van der Waals surface area contributed by atoms with Gasteiger partial charge in [-0.3, -0.25) is 0 Å². The fourth-order valence-corrected chi connectivity index (χ4v) is 3.54. The van der Waals surface area contributed by atoms with Gasteiger partial charge in [0, 0.05) is 19.0 Å². The summed E-state index contributed by atoms with van der Waals surface area (Å²) in [5, 5.41) is 7.58. The Hall–Kier alpha value is -2.48. The molecule has 0 aliphatic heterocycles. The fourth-order valence-electron chi connectivity index (χ4n) is 2.26. The van der Waals surface area contributed by atoms with E-state index in [1.807, 2.05) is 37.3 Å². The number of sulfone groups is 1. The van der Waals surface area contributed by atoms with Crippen LogP contribution >= 0.6 is 0 Å². The number of oxazole rings is 1. The normalized spacial score (nSPS) is 11.7. The van der Waals surface area contributed by atoms with E-state index in [1.165, 1.54) is 10.8 Å². The van der Waals surface area contributed by atoms with Gasteiger partial charge in [-0.25, -0.2) is 13.4 Å². The van der Waals surface area contributed by atoms with Crippen molar-refractivity contribution in [3.05, 3.63) is 48.2 Å². The maximum Gasteiger partial charge on any atom is 0.249 e. The van der Waals surface area contributed by atoms with Crippen LogP contribution < -0.4 is 0 Å². The van der Waals surface area contributed by atoms with Gasteiger partial charge in [0.1, 0.15) is 11.6 Å². The average molecular weight is 332 g/mol. The highest BCUT2D eigenvalue weighted by Crippen LogP contribution is 2.22. The Balaban J connectivity index is 1.87. The van der Waals surface area contributed by atoms with Crippen molar-refractivity contribution < 1.29 is 12.8 Å². The standard InChI is InChI=1S/C15H16N4O3S/c1-3-13-17-18-15(19(13)2)23(20,21)10-14-16-9-12(22-14)11-7-5-4-6-8-11/h4-9H,3,10H2,1-2H3. The molecule has 3 rings (SSSR count). The van der Waals surface area contributed by atoms with Gasteiger partial charge >= 0.3 is 0 Å². The second-order valence-electron chi connectivity index (χ2n) is 5.05. The summed E-state index contributed by atoms with van der Waals surface area (Å²) in [4.78, 5) is 4.06. The lowest BCUT2D eigenvalue weighted by Gasteiger charge is -2.02. The molecule has 0 radical (unpaired) electrons. The van der Waals surface area contributed by atoms with Crippen molar-refractivity contribution in [3.63, 3.8) is 0 Å². The first-order valence-corrected chi connectivity index (χ1v) is 8.77. The molecule has 0 aliphatic carbocycles. The molecule has 0 saturated carbocycles. The molecule has 0 aliphatic rings. The molecular weight excluding hydrogens is 316 g/mol. The molecule has 23 heavy (non-hydrogen) atoms. The predicted molar refractivity (Wildman–Crippen MR) is 83.2 cm³/mol. The molecule has 7 nitrogen and oxygen atoms in total. The predicted octanol–water partition coefficient (Wildman–Crippen LogP) is 2.01. The second-order valence-corrected chi connectivity index (χ2v) is 6.94. The Morgan fingerprint density at radius 1 is 1.17 bits per heavy atom. The van der Waals surface area contributed by atoms with E-state index in [9.17, 15) is 8.42 Å². The number of hydrogen-bond donors (Lipinski definition) is 0. The van der Waals surface area contributed by atoms with Crippen LogP contribution in [-0.2, 0) is 29.1 Å². The molecule has 2 aromatic heterocycles. The van der Waals surface area contributed by atoms with Crippen molar-refractivity contribution in [2.24, 2.45) is 7.05 Å². The van der Waals surface area contributed by atoms with Crippen molar-refractivity contribution in [1.82, 2.24) is 19.7 Å². The van der Waals surface area contributed by atoms with Crippen LogP contribution in [0.3, 0.4) is 0 Å². The van der Waals surface area contributed by atoms with E-state index >= 15 is 0 Å². The lowest BCUT2D eigenvalue weighted by Crippen LogP contribution is -2.12. The molecule has 0 atom stereocenters. The Labute approximate surface area is 133 Å². The molecular formula is C15H16N4O3S. The summed E-state index contributed by atoms with van der Waals surface area (Å²) in [6.07, 6.45) is 2.13. The number of aryl methyl sites for hydroxylation is 1. The first-order valence-electron chi connectivity index (χ1n) is 7.12. The summed E-state index contributed by atoms with van der Waals surface area (Å²) in [5.74, 6) is 0.920. The molecule has 8 heteroatoms. The van der Waals surface area contributed by atoms with E-state index in [-0.39, 0.29) is 16.8 Å². The smallest absolute Gasteiger partial charge is 0.249 e. The summed E-state index contributed by atoms with van der Waals surface area (Å²) in [6.45, 7) is 1.89. The number of rotatable bonds is 5. The third kappa shape index (κ3) is 3.02. The van der Waals surface area contributed by atoms with Crippen LogP contribution in [-0.4, -0.2) is 28.2 Å². The van der Waals surface area contributed by atoms with E-state index in [2.05, 4.69) is 15.2 Å². The van der Waals surface area contributed by atoms with E-state index in [0.29, 0.717) is 18.0 Å². The summed E-state index contributed by atoms with van der Waals surface area (Å²) in [5.41, 5.74) is 0.843. The zero-order chi connectivity index (χ0) is 16.4. The van der Waals surface area contributed by atoms with Crippen LogP contribution in [0.5, 0.6) is 0 Å². The highest BCUT2D eigenvalue weighted by molar-refractivity contribution is 7.90. The van der Waals surface area contributed by atoms with Gasteiger partial charge in [0.25, 0.3) is 0 Å². The van der Waals surface area contributed by atoms with Crippen molar-refractivity contribution >= 4 is 9.84 Å². The van der Waals surface area contributed by atoms with E-state index in [4.69, 9.17) is 4.42 Å². The lowest BCUT2D eigenvalue weighted by molar-refractivity contribution is 0.515. The third-order valence-corrected chi connectivity index (χ3v) is 4.98. The van der Waals surface area contributed by atoms with E-state index < -0.39 is 9.84 Å². The summed E-state index contributed by atoms with van der Waals surface area (Å²) >= 11 is 0. The molecule has 120 valence electrons. The van der Waals surface area contributed by atoms with E-state index in [1.54, 1.807) is 7.05 Å². The summed E-state index contributed by atoms with van der Waals surface area (Å²) in [7, 11) is -2.03.